The molecule has 0 aliphatic heterocycles. The normalized spacial score (nSPS) is 10.8. The predicted octanol–water partition coefficient (Wildman–Crippen LogP) is 4.51. The largest absolute Gasteiger partial charge is 0.465 e. The number of thioether (sulfide) groups is 1. The van der Waals surface area contributed by atoms with Crippen LogP contribution >= 0.6 is 34.7 Å². The molecule has 1 amide bonds. The molecule has 0 atom stereocenters. The molecule has 10 heteroatoms. The summed E-state index contributed by atoms with van der Waals surface area (Å²) in [5.74, 6) is 0.140. The number of rotatable bonds is 7. The molecule has 2 aromatic heterocycles. The highest BCUT2D eigenvalue weighted by Gasteiger charge is 2.19. The van der Waals surface area contributed by atoms with E-state index in [9.17, 15) is 9.59 Å². The van der Waals surface area contributed by atoms with E-state index in [2.05, 4.69) is 15.5 Å². The van der Waals surface area contributed by atoms with Crippen LogP contribution in [0.15, 0.2) is 35.5 Å². The average molecular weight is 451 g/mol. The van der Waals surface area contributed by atoms with E-state index in [1.54, 1.807) is 18.2 Å². The molecule has 0 aliphatic rings. The van der Waals surface area contributed by atoms with Crippen LogP contribution in [-0.4, -0.2) is 39.5 Å². The second kappa shape index (κ2) is 9.43. The van der Waals surface area contributed by atoms with Gasteiger partial charge in [0.1, 0.15) is 5.00 Å². The van der Waals surface area contributed by atoms with Gasteiger partial charge in [-0.2, -0.15) is 0 Å². The van der Waals surface area contributed by atoms with Crippen molar-refractivity contribution in [3.63, 3.8) is 0 Å². The Labute approximate surface area is 181 Å². The highest BCUT2D eigenvalue weighted by molar-refractivity contribution is 7.99. The quantitative estimate of drug-likeness (QED) is 0.421. The van der Waals surface area contributed by atoms with Crippen LogP contribution in [0.25, 0.3) is 11.4 Å². The van der Waals surface area contributed by atoms with Gasteiger partial charge in [0, 0.05) is 22.0 Å². The van der Waals surface area contributed by atoms with Gasteiger partial charge in [0.2, 0.25) is 5.91 Å². The van der Waals surface area contributed by atoms with Gasteiger partial charge in [-0.1, -0.05) is 23.4 Å². The summed E-state index contributed by atoms with van der Waals surface area (Å²) < 4.78 is 6.71. The number of nitrogens with zero attached hydrogens (tertiary/aromatic N) is 3. The number of esters is 1. The zero-order chi connectivity index (χ0) is 21.0. The molecular formula is C19H19ClN4O3S2. The minimum absolute atomic E-state index is 0.135. The minimum atomic E-state index is -0.476. The highest BCUT2D eigenvalue weighted by atomic mass is 35.5. The molecule has 3 aromatic rings. The number of nitrogens with one attached hydrogen (secondary N) is 1. The number of carbonyl (C=O) groups excluding carboxylic acids is 2. The molecule has 3 rings (SSSR count). The van der Waals surface area contributed by atoms with Crippen LogP contribution in [0.4, 0.5) is 5.00 Å². The van der Waals surface area contributed by atoms with Crippen molar-refractivity contribution >= 4 is 51.6 Å². The van der Waals surface area contributed by atoms with Gasteiger partial charge < -0.3 is 14.6 Å². The predicted molar refractivity (Wildman–Crippen MR) is 116 cm³/mol. The molecule has 0 unspecified atom stereocenters. The molecular weight excluding hydrogens is 432 g/mol. The van der Waals surface area contributed by atoms with E-state index >= 15 is 0 Å². The number of thiophene rings is 1. The van der Waals surface area contributed by atoms with Crippen LogP contribution in [0, 0.1) is 6.92 Å². The maximum atomic E-state index is 12.4. The van der Waals surface area contributed by atoms with Crippen LogP contribution in [0.2, 0.25) is 5.02 Å². The van der Waals surface area contributed by atoms with Gasteiger partial charge in [0.25, 0.3) is 0 Å². The third kappa shape index (κ3) is 4.98. The first-order valence-electron chi connectivity index (χ1n) is 8.73. The zero-order valence-corrected chi connectivity index (χ0v) is 18.5. The molecule has 0 saturated carbocycles. The van der Waals surface area contributed by atoms with Crippen molar-refractivity contribution in [3.8, 4) is 11.4 Å². The van der Waals surface area contributed by atoms with Crippen molar-refractivity contribution in [1.29, 1.82) is 0 Å². The summed E-state index contributed by atoms with van der Waals surface area (Å²) in [6.45, 7) is 4.51. The number of hydrogen-bond donors (Lipinski definition) is 1. The fourth-order valence-electron chi connectivity index (χ4n) is 2.65. The van der Waals surface area contributed by atoms with Crippen LogP contribution in [0.1, 0.15) is 22.2 Å². The molecule has 0 bridgehead atoms. The van der Waals surface area contributed by atoms with Crippen LogP contribution in [0.3, 0.4) is 0 Å². The Morgan fingerprint density at radius 3 is 2.66 bits per heavy atom. The van der Waals surface area contributed by atoms with Crippen molar-refractivity contribution in [2.45, 2.75) is 25.5 Å². The number of benzene rings is 1. The second-order valence-electron chi connectivity index (χ2n) is 5.99. The van der Waals surface area contributed by atoms with E-state index in [1.807, 2.05) is 30.5 Å². The monoisotopic (exact) mass is 450 g/mol. The first kappa shape index (κ1) is 21.4. The lowest BCUT2D eigenvalue weighted by atomic mass is 10.2. The van der Waals surface area contributed by atoms with Gasteiger partial charge in [-0.05, 0) is 44.2 Å². The number of halogens is 1. The molecule has 0 fully saturated rings. The Bertz CT molecular complexity index is 1030. The number of amides is 1. The fourth-order valence-corrected chi connectivity index (χ4v) is 4.50. The smallest absolute Gasteiger partial charge is 0.340 e. The first-order valence-corrected chi connectivity index (χ1v) is 10.9. The molecule has 0 spiro atoms. The standard InChI is InChI=1S/C19H19ClN4O3S2/c1-4-24-16(12-5-7-13(20)8-6-12)22-23-19(24)28-10-15(25)21-17-14(18(26)27-3)9-11(2)29-17/h5-9H,4,10H2,1-3H3,(H,21,25). The molecule has 29 heavy (non-hydrogen) atoms. The number of aromatic nitrogens is 3. The maximum Gasteiger partial charge on any atom is 0.340 e. The third-order valence-corrected chi connectivity index (χ3v) is 6.17. The topological polar surface area (TPSA) is 86.1 Å². The molecule has 0 saturated heterocycles. The Hall–Kier alpha value is -2.36. The Morgan fingerprint density at radius 1 is 1.28 bits per heavy atom. The second-order valence-corrected chi connectivity index (χ2v) is 8.62. The van der Waals surface area contributed by atoms with Crippen LogP contribution < -0.4 is 5.32 Å². The van der Waals surface area contributed by atoms with Gasteiger partial charge in [-0.15, -0.1) is 21.5 Å². The summed E-state index contributed by atoms with van der Waals surface area (Å²) >= 11 is 8.57. The fraction of sp³-hybridized carbons (Fsp3) is 0.263. The molecule has 152 valence electrons. The number of aryl methyl sites for hydroxylation is 1. The van der Waals surface area contributed by atoms with Gasteiger partial charge in [-0.25, -0.2) is 4.79 Å². The molecule has 0 aliphatic carbocycles. The molecule has 2 heterocycles. The Balaban J connectivity index is 1.70. The lowest BCUT2D eigenvalue weighted by molar-refractivity contribution is -0.113. The van der Waals surface area contributed by atoms with Crippen molar-refractivity contribution < 1.29 is 14.3 Å². The number of methoxy groups -OCH3 is 1. The first-order chi connectivity index (χ1) is 13.9. The number of hydrogen-bond acceptors (Lipinski definition) is 7. The zero-order valence-electron chi connectivity index (χ0n) is 16.1. The number of anilines is 1. The summed E-state index contributed by atoms with van der Waals surface area (Å²) in [6, 6.07) is 9.06. The summed E-state index contributed by atoms with van der Waals surface area (Å²) in [5, 5.41) is 13.0. The Morgan fingerprint density at radius 2 is 2.00 bits per heavy atom. The van der Waals surface area contributed by atoms with Crippen molar-refractivity contribution in [1.82, 2.24) is 14.8 Å². The lowest BCUT2D eigenvalue weighted by Crippen LogP contribution is -2.16. The third-order valence-electron chi connectivity index (χ3n) is 3.98. The van der Waals surface area contributed by atoms with Gasteiger partial charge >= 0.3 is 5.97 Å². The van der Waals surface area contributed by atoms with E-state index < -0.39 is 5.97 Å². The van der Waals surface area contributed by atoms with E-state index in [1.165, 1.54) is 30.2 Å². The van der Waals surface area contributed by atoms with Gasteiger partial charge in [0.05, 0.1) is 18.4 Å². The van der Waals surface area contributed by atoms with Crippen molar-refractivity contribution in [2.24, 2.45) is 0 Å². The molecule has 0 radical (unpaired) electrons. The molecule has 1 aromatic carbocycles. The van der Waals surface area contributed by atoms with E-state index in [0.29, 0.717) is 33.1 Å². The summed E-state index contributed by atoms with van der Waals surface area (Å²) in [7, 11) is 1.31. The van der Waals surface area contributed by atoms with Crippen LogP contribution in [0.5, 0.6) is 0 Å². The molecule has 7 nitrogen and oxygen atoms in total. The van der Waals surface area contributed by atoms with Crippen LogP contribution in [-0.2, 0) is 16.1 Å². The minimum Gasteiger partial charge on any atom is -0.465 e. The SMILES string of the molecule is CCn1c(SCC(=O)Nc2sc(C)cc2C(=O)OC)nnc1-c1ccc(Cl)cc1. The maximum absolute atomic E-state index is 12.4. The van der Waals surface area contributed by atoms with E-state index in [4.69, 9.17) is 16.3 Å². The number of ether oxygens (including phenoxy) is 1. The lowest BCUT2D eigenvalue weighted by Gasteiger charge is -2.08. The van der Waals surface area contributed by atoms with Crippen molar-refractivity contribution in [3.05, 3.63) is 45.8 Å². The summed E-state index contributed by atoms with van der Waals surface area (Å²) in [5.41, 5.74) is 1.26. The van der Waals surface area contributed by atoms with Gasteiger partial charge in [0.15, 0.2) is 11.0 Å². The Kier molecular flexibility index (Phi) is 6.94. The van der Waals surface area contributed by atoms with Gasteiger partial charge in [-0.3, -0.25) is 4.79 Å². The van der Waals surface area contributed by atoms with Crippen molar-refractivity contribution in [2.75, 3.05) is 18.2 Å². The summed E-state index contributed by atoms with van der Waals surface area (Å²) in [6.07, 6.45) is 0. The average Bonchev–Trinajstić information content (AvgIpc) is 3.29. The highest BCUT2D eigenvalue weighted by Crippen LogP contribution is 2.29. The van der Waals surface area contributed by atoms with E-state index in [0.717, 1.165) is 10.4 Å². The van der Waals surface area contributed by atoms with E-state index in [-0.39, 0.29) is 11.7 Å². The number of carbonyl (C=O) groups is 2. The molecule has 1 N–H and O–H groups in total. The summed E-state index contributed by atoms with van der Waals surface area (Å²) in [4.78, 5) is 25.2.